The number of nitrogens with one attached hydrogen (secondary N) is 1. The Labute approximate surface area is 213 Å². The van der Waals surface area contributed by atoms with E-state index in [0.717, 1.165) is 36.1 Å². The molecule has 3 aliphatic heterocycles. The van der Waals surface area contributed by atoms with Crippen molar-refractivity contribution in [3.8, 4) is 6.07 Å². The molecule has 0 radical (unpaired) electrons. The molecule has 2 saturated heterocycles. The van der Waals surface area contributed by atoms with E-state index in [-0.39, 0.29) is 16.9 Å². The summed E-state index contributed by atoms with van der Waals surface area (Å²) in [4.78, 5) is 50.0. The highest BCUT2D eigenvalue weighted by molar-refractivity contribution is 8.00. The first-order chi connectivity index (χ1) is 17.6. The van der Waals surface area contributed by atoms with Gasteiger partial charge in [0.05, 0.1) is 12.2 Å². The second kappa shape index (κ2) is 10.6. The molecule has 5 rings (SSSR count). The van der Waals surface area contributed by atoms with Crippen LogP contribution in [0.1, 0.15) is 52.9 Å². The van der Waals surface area contributed by atoms with Crippen LogP contribution in [0.2, 0.25) is 0 Å². The van der Waals surface area contributed by atoms with Crippen LogP contribution in [-0.2, 0) is 22.5 Å². The zero-order chi connectivity index (χ0) is 25.1. The number of carbonyl (C=O) groups excluding carboxylic acids is 3. The van der Waals surface area contributed by atoms with Gasteiger partial charge >= 0.3 is 6.03 Å². The molecular formula is C25H26N6O4S. The van der Waals surface area contributed by atoms with Gasteiger partial charge in [0.15, 0.2) is 6.29 Å². The van der Waals surface area contributed by atoms with Crippen LogP contribution >= 0.6 is 11.8 Å². The highest BCUT2D eigenvalue weighted by Gasteiger charge is 2.28. The molecule has 1 atom stereocenters. The lowest BCUT2D eigenvalue weighted by molar-refractivity contribution is -0.128. The van der Waals surface area contributed by atoms with Gasteiger partial charge in [0.2, 0.25) is 5.91 Å². The van der Waals surface area contributed by atoms with Crippen molar-refractivity contribution in [2.45, 2.75) is 48.8 Å². The number of carbonyl (C=O) groups is 3. The lowest BCUT2D eigenvalue weighted by Gasteiger charge is -2.29. The van der Waals surface area contributed by atoms with E-state index in [4.69, 9.17) is 4.74 Å². The van der Waals surface area contributed by atoms with Gasteiger partial charge in [-0.25, -0.2) is 14.8 Å². The highest BCUT2D eigenvalue weighted by Crippen LogP contribution is 2.33. The number of aldehydes is 1. The van der Waals surface area contributed by atoms with Gasteiger partial charge in [-0.05, 0) is 43.4 Å². The van der Waals surface area contributed by atoms with Crippen molar-refractivity contribution in [1.29, 1.82) is 5.26 Å². The van der Waals surface area contributed by atoms with Crippen molar-refractivity contribution >= 4 is 41.6 Å². The molecule has 1 N–H and O–H groups in total. The minimum atomic E-state index is -0.403. The Hall–Kier alpha value is -3.49. The molecular weight excluding hydrogens is 480 g/mol. The van der Waals surface area contributed by atoms with E-state index in [1.165, 1.54) is 11.1 Å². The smallest absolute Gasteiger partial charge is 0.328 e. The van der Waals surface area contributed by atoms with Gasteiger partial charge in [0.1, 0.15) is 23.4 Å². The molecule has 0 bridgehead atoms. The van der Waals surface area contributed by atoms with Crippen LogP contribution in [0.5, 0.6) is 0 Å². The molecule has 2 aromatic heterocycles. The van der Waals surface area contributed by atoms with E-state index in [0.29, 0.717) is 68.3 Å². The number of anilines is 2. The number of pyridine rings is 2. The molecule has 10 nitrogen and oxygen atoms in total. The van der Waals surface area contributed by atoms with Crippen molar-refractivity contribution in [2.75, 3.05) is 36.5 Å². The molecule has 1 unspecified atom stereocenters. The van der Waals surface area contributed by atoms with Gasteiger partial charge in [0.25, 0.3) is 0 Å². The van der Waals surface area contributed by atoms with Crippen LogP contribution in [0.3, 0.4) is 0 Å². The third kappa shape index (κ3) is 5.05. The fourth-order valence-electron chi connectivity index (χ4n) is 4.71. The van der Waals surface area contributed by atoms with E-state index in [1.54, 1.807) is 22.7 Å². The molecule has 11 heteroatoms. The minimum Gasteiger partial charge on any atom is -0.380 e. The number of fused-ring (bicyclic) bond motifs is 1. The summed E-state index contributed by atoms with van der Waals surface area (Å²) in [7, 11) is 0. The fourth-order valence-corrected chi connectivity index (χ4v) is 5.85. The van der Waals surface area contributed by atoms with Gasteiger partial charge in [-0.3, -0.25) is 19.8 Å². The Balaban J connectivity index is 1.36. The Morgan fingerprint density at radius 3 is 2.89 bits per heavy atom. The van der Waals surface area contributed by atoms with Crippen molar-refractivity contribution in [3.05, 3.63) is 40.7 Å². The van der Waals surface area contributed by atoms with Crippen LogP contribution in [-0.4, -0.2) is 64.6 Å². The maximum Gasteiger partial charge on any atom is 0.328 e. The third-order valence-electron chi connectivity index (χ3n) is 6.57. The second-order valence-electron chi connectivity index (χ2n) is 9.02. The van der Waals surface area contributed by atoms with Crippen molar-refractivity contribution < 1.29 is 19.1 Å². The maximum atomic E-state index is 13.2. The number of hydrogen-bond acceptors (Lipinski definition) is 8. The van der Waals surface area contributed by atoms with Crippen LogP contribution in [0.15, 0.2) is 23.2 Å². The lowest BCUT2D eigenvalue weighted by atomic mass is 10.0. The van der Waals surface area contributed by atoms with Crippen LogP contribution in [0.4, 0.5) is 16.4 Å². The second-order valence-corrected chi connectivity index (χ2v) is 10.4. The summed E-state index contributed by atoms with van der Waals surface area (Å²) < 4.78 is 5.43. The number of thioether (sulfide) groups is 1. The quantitative estimate of drug-likeness (QED) is 0.592. The maximum absolute atomic E-state index is 13.2. The predicted molar refractivity (Wildman–Crippen MR) is 133 cm³/mol. The van der Waals surface area contributed by atoms with Crippen LogP contribution in [0.25, 0.3) is 0 Å². The third-order valence-corrected chi connectivity index (χ3v) is 7.86. The number of ether oxygens (including phenoxy) is 1. The van der Waals surface area contributed by atoms with E-state index >= 15 is 0 Å². The largest absolute Gasteiger partial charge is 0.380 e. The van der Waals surface area contributed by atoms with E-state index in [9.17, 15) is 19.6 Å². The zero-order valence-corrected chi connectivity index (χ0v) is 20.6. The van der Waals surface area contributed by atoms with Gasteiger partial charge in [-0.15, -0.1) is 11.8 Å². The number of nitrogens with zero attached hydrogens (tertiary/aromatic N) is 5. The molecule has 0 saturated carbocycles. The van der Waals surface area contributed by atoms with Gasteiger partial charge in [-0.1, -0.05) is 0 Å². The molecule has 0 aromatic carbocycles. The number of aryl methyl sites for hydroxylation is 1. The van der Waals surface area contributed by atoms with Crippen LogP contribution < -0.4 is 10.2 Å². The van der Waals surface area contributed by atoms with E-state index in [2.05, 4.69) is 21.4 Å². The molecule has 3 aliphatic rings. The number of aromatic nitrogens is 2. The summed E-state index contributed by atoms with van der Waals surface area (Å²) in [5.74, 6) is 0.870. The van der Waals surface area contributed by atoms with Gasteiger partial charge < -0.3 is 9.64 Å². The summed E-state index contributed by atoms with van der Waals surface area (Å²) in [6.07, 6.45) is 5.87. The average Bonchev–Trinajstić information content (AvgIpc) is 3.55. The van der Waals surface area contributed by atoms with Crippen LogP contribution in [0, 0.1) is 11.3 Å². The minimum absolute atomic E-state index is 0.0819. The summed E-state index contributed by atoms with van der Waals surface area (Å²) in [6.45, 7) is 2.80. The molecule has 2 aromatic rings. The first kappa shape index (κ1) is 24.2. The van der Waals surface area contributed by atoms with Crippen molar-refractivity contribution in [2.24, 2.45) is 0 Å². The van der Waals surface area contributed by atoms with Gasteiger partial charge in [-0.2, -0.15) is 5.26 Å². The number of nitriles is 1. The first-order valence-electron chi connectivity index (χ1n) is 12.0. The lowest BCUT2D eigenvalue weighted by Crippen LogP contribution is -2.40. The topological polar surface area (TPSA) is 129 Å². The predicted octanol–water partition coefficient (Wildman–Crippen LogP) is 3.15. The Bertz CT molecular complexity index is 1240. The number of likely N-dealkylation sites (tertiary alicyclic amines) is 1. The summed E-state index contributed by atoms with van der Waals surface area (Å²) in [5, 5.41) is 12.5. The summed E-state index contributed by atoms with van der Waals surface area (Å²) in [6, 6.07) is 5.37. The SMILES string of the molecule is N#Cc1cnc(NC(=O)N2CCCc3cc(CN4CCCC4=O)c(C=O)nc32)cc1SC1CCOC1. The van der Waals surface area contributed by atoms with Crippen molar-refractivity contribution in [3.63, 3.8) is 0 Å². The number of hydrogen-bond donors (Lipinski definition) is 1. The fraction of sp³-hybridized carbons (Fsp3) is 0.440. The monoisotopic (exact) mass is 506 g/mol. The number of amides is 3. The molecule has 36 heavy (non-hydrogen) atoms. The van der Waals surface area contributed by atoms with Crippen molar-refractivity contribution in [1.82, 2.24) is 14.9 Å². The summed E-state index contributed by atoms with van der Waals surface area (Å²) >= 11 is 1.56. The Morgan fingerprint density at radius 2 is 2.17 bits per heavy atom. The molecule has 186 valence electrons. The Morgan fingerprint density at radius 1 is 1.31 bits per heavy atom. The molecule has 2 fully saturated rings. The number of urea groups is 1. The van der Waals surface area contributed by atoms with E-state index in [1.807, 2.05) is 6.07 Å². The highest BCUT2D eigenvalue weighted by atomic mass is 32.2. The molecule has 0 spiro atoms. The zero-order valence-electron chi connectivity index (χ0n) is 19.7. The Kier molecular flexibility index (Phi) is 7.16. The van der Waals surface area contributed by atoms with E-state index < -0.39 is 6.03 Å². The normalized spacial score (nSPS) is 19.2. The summed E-state index contributed by atoms with van der Waals surface area (Å²) in [5.41, 5.74) is 2.26. The average molecular weight is 507 g/mol. The standard InChI is InChI=1S/C25H26N6O4S/c26-11-18-12-27-22(10-21(18)36-19-5-8-35-15-19)29-25(34)31-7-1-3-16-9-17(20(14-32)28-24(16)31)13-30-6-2-4-23(30)33/h9-10,12,14,19H,1-8,13,15H2,(H,27,29,34). The molecule has 0 aliphatic carbocycles. The first-order valence-corrected chi connectivity index (χ1v) is 12.9. The van der Waals surface area contributed by atoms with Gasteiger partial charge in [0, 0.05) is 54.6 Å². The molecule has 3 amide bonds. The molecule has 5 heterocycles. The number of rotatable bonds is 6.